The van der Waals surface area contributed by atoms with Crippen LogP contribution < -0.4 is 11.1 Å². The number of hydrogen-bond donors (Lipinski definition) is 2. The van der Waals surface area contributed by atoms with Crippen molar-refractivity contribution in [2.24, 2.45) is 11.7 Å². The van der Waals surface area contributed by atoms with Crippen molar-refractivity contribution < 1.29 is 4.39 Å². The monoisotopic (exact) mass is 188 g/mol. The van der Waals surface area contributed by atoms with E-state index in [1.165, 1.54) is 0 Å². The zero-order chi connectivity index (χ0) is 9.90. The molecule has 0 aliphatic heterocycles. The maximum atomic E-state index is 13.9. The fourth-order valence-electron chi connectivity index (χ4n) is 1.86. The minimum Gasteiger partial charge on any atom is -0.328 e. The molecule has 13 heavy (non-hydrogen) atoms. The number of rotatable bonds is 4. The smallest absolute Gasteiger partial charge is 0.124 e. The molecule has 1 fully saturated rings. The average Bonchev–Trinajstić information content (AvgIpc) is 2.30. The summed E-state index contributed by atoms with van der Waals surface area (Å²) in [6.07, 6.45) is 1.98. The van der Waals surface area contributed by atoms with Crippen LogP contribution in [0.15, 0.2) is 0 Å². The summed E-state index contributed by atoms with van der Waals surface area (Å²) in [7, 11) is 0. The summed E-state index contributed by atoms with van der Waals surface area (Å²) in [5.41, 5.74) is 4.64. The van der Waals surface area contributed by atoms with E-state index in [1.807, 2.05) is 0 Å². The van der Waals surface area contributed by atoms with Crippen LogP contribution in [0.1, 0.15) is 33.1 Å². The molecule has 2 atom stereocenters. The molecule has 0 saturated heterocycles. The molecule has 0 amide bonds. The zero-order valence-corrected chi connectivity index (χ0v) is 8.65. The van der Waals surface area contributed by atoms with Crippen LogP contribution in [0.4, 0.5) is 4.39 Å². The van der Waals surface area contributed by atoms with Gasteiger partial charge in [-0.3, -0.25) is 0 Å². The molecule has 0 radical (unpaired) electrons. The lowest BCUT2D eigenvalue weighted by atomic mass is 10.0. The van der Waals surface area contributed by atoms with Crippen LogP contribution in [0.2, 0.25) is 0 Å². The molecule has 0 aromatic rings. The van der Waals surface area contributed by atoms with Crippen LogP contribution in [0.5, 0.6) is 0 Å². The quantitative estimate of drug-likeness (QED) is 0.701. The lowest BCUT2D eigenvalue weighted by Crippen LogP contribution is -2.37. The maximum Gasteiger partial charge on any atom is 0.124 e. The second-order valence-electron chi connectivity index (χ2n) is 4.68. The topological polar surface area (TPSA) is 38.0 Å². The molecule has 0 aromatic carbocycles. The van der Waals surface area contributed by atoms with Gasteiger partial charge in [-0.1, -0.05) is 13.8 Å². The normalized spacial score (nSPS) is 34.4. The molecule has 3 N–H and O–H groups in total. The SMILES string of the molecule is CC(C)CNCC1(F)CCC(N)C1. The van der Waals surface area contributed by atoms with Crippen LogP contribution in [0.25, 0.3) is 0 Å². The number of nitrogens with one attached hydrogen (secondary N) is 1. The first-order chi connectivity index (χ1) is 6.02. The predicted molar refractivity (Wildman–Crippen MR) is 53.4 cm³/mol. The molecule has 2 unspecified atom stereocenters. The van der Waals surface area contributed by atoms with Gasteiger partial charge < -0.3 is 11.1 Å². The van der Waals surface area contributed by atoms with Gasteiger partial charge in [0.15, 0.2) is 0 Å². The largest absolute Gasteiger partial charge is 0.328 e. The molecule has 1 aliphatic rings. The fourth-order valence-corrected chi connectivity index (χ4v) is 1.86. The minimum atomic E-state index is -1.03. The van der Waals surface area contributed by atoms with E-state index in [9.17, 15) is 4.39 Å². The zero-order valence-electron chi connectivity index (χ0n) is 8.65. The highest BCUT2D eigenvalue weighted by Crippen LogP contribution is 2.31. The van der Waals surface area contributed by atoms with Gasteiger partial charge in [0.1, 0.15) is 5.67 Å². The molecule has 0 heterocycles. The van der Waals surface area contributed by atoms with Crippen molar-refractivity contribution in [1.82, 2.24) is 5.32 Å². The molecular formula is C10H21FN2. The molecular weight excluding hydrogens is 167 g/mol. The Morgan fingerprint density at radius 1 is 1.62 bits per heavy atom. The van der Waals surface area contributed by atoms with Crippen LogP contribution >= 0.6 is 0 Å². The second-order valence-corrected chi connectivity index (χ2v) is 4.68. The van der Waals surface area contributed by atoms with Crippen LogP contribution in [0, 0.1) is 5.92 Å². The molecule has 78 valence electrons. The first-order valence-corrected chi connectivity index (χ1v) is 5.17. The van der Waals surface area contributed by atoms with Crippen molar-refractivity contribution in [3.05, 3.63) is 0 Å². The third-order valence-corrected chi connectivity index (χ3v) is 2.59. The van der Waals surface area contributed by atoms with Gasteiger partial charge >= 0.3 is 0 Å². The Balaban J connectivity index is 2.20. The lowest BCUT2D eigenvalue weighted by Gasteiger charge is -2.20. The summed E-state index contributed by atoms with van der Waals surface area (Å²) < 4.78 is 13.9. The Labute approximate surface area is 80.1 Å². The Morgan fingerprint density at radius 2 is 2.31 bits per heavy atom. The highest BCUT2D eigenvalue weighted by atomic mass is 19.1. The van der Waals surface area contributed by atoms with Gasteiger partial charge in [0.2, 0.25) is 0 Å². The Bertz CT molecular complexity index is 161. The highest BCUT2D eigenvalue weighted by Gasteiger charge is 2.37. The van der Waals surface area contributed by atoms with Crippen molar-refractivity contribution in [2.75, 3.05) is 13.1 Å². The number of nitrogens with two attached hydrogens (primary N) is 1. The van der Waals surface area contributed by atoms with Crippen molar-refractivity contribution in [2.45, 2.75) is 44.8 Å². The van der Waals surface area contributed by atoms with Crippen molar-refractivity contribution in [3.63, 3.8) is 0 Å². The van der Waals surface area contributed by atoms with Crippen molar-refractivity contribution in [3.8, 4) is 0 Å². The van der Waals surface area contributed by atoms with Gasteiger partial charge in [-0.2, -0.15) is 0 Å². The van der Waals surface area contributed by atoms with E-state index >= 15 is 0 Å². The molecule has 0 aromatic heterocycles. The van der Waals surface area contributed by atoms with E-state index in [0.29, 0.717) is 25.3 Å². The summed E-state index contributed by atoms with van der Waals surface area (Å²) in [5, 5.41) is 3.16. The van der Waals surface area contributed by atoms with E-state index < -0.39 is 5.67 Å². The van der Waals surface area contributed by atoms with Crippen molar-refractivity contribution >= 4 is 0 Å². The third kappa shape index (κ3) is 3.61. The number of hydrogen-bond acceptors (Lipinski definition) is 2. The first-order valence-electron chi connectivity index (χ1n) is 5.17. The lowest BCUT2D eigenvalue weighted by molar-refractivity contribution is 0.165. The standard InChI is InChI=1S/C10H21FN2/c1-8(2)6-13-7-10(11)4-3-9(12)5-10/h8-9,13H,3-7,12H2,1-2H3. The Hall–Kier alpha value is -0.150. The van der Waals surface area contributed by atoms with E-state index in [1.54, 1.807) is 0 Å². The number of alkyl halides is 1. The summed E-state index contributed by atoms with van der Waals surface area (Å²) >= 11 is 0. The molecule has 1 aliphatic carbocycles. The van der Waals surface area contributed by atoms with Crippen LogP contribution in [-0.4, -0.2) is 24.8 Å². The summed E-state index contributed by atoms with van der Waals surface area (Å²) in [6, 6.07) is 0.0749. The summed E-state index contributed by atoms with van der Waals surface area (Å²) in [6.45, 7) is 5.61. The van der Waals surface area contributed by atoms with Gasteiger partial charge in [-0.15, -0.1) is 0 Å². The van der Waals surface area contributed by atoms with Gasteiger partial charge in [0.25, 0.3) is 0 Å². The van der Waals surface area contributed by atoms with E-state index in [-0.39, 0.29) is 6.04 Å². The van der Waals surface area contributed by atoms with E-state index in [0.717, 1.165) is 13.0 Å². The van der Waals surface area contributed by atoms with E-state index in [4.69, 9.17) is 5.73 Å². The van der Waals surface area contributed by atoms with Gasteiger partial charge in [0, 0.05) is 12.6 Å². The summed E-state index contributed by atoms with van der Waals surface area (Å²) in [5.74, 6) is 0.582. The molecule has 3 heteroatoms. The minimum absolute atomic E-state index is 0.0749. The molecule has 2 nitrogen and oxygen atoms in total. The summed E-state index contributed by atoms with van der Waals surface area (Å²) in [4.78, 5) is 0. The average molecular weight is 188 g/mol. The third-order valence-electron chi connectivity index (χ3n) is 2.59. The van der Waals surface area contributed by atoms with Gasteiger partial charge in [-0.25, -0.2) is 4.39 Å². The van der Waals surface area contributed by atoms with Gasteiger partial charge in [-0.05, 0) is 31.7 Å². The maximum absolute atomic E-state index is 13.9. The van der Waals surface area contributed by atoms with Crippen molar-refractivity contribution in [1.29, 1.82) is 0 Å². The van der Waals surface area contributed by atoms with Crippen LogP contribution in [0.3, 0.4) is 0 Å². The molecule has 1 rings (SSSR count). The molecule has 1 saturated carbocycles. The second kappa shape index (κ2) is 4.38. The van der Waals surface area contributed by atoms with Crippen LogP contribution in [-0.2, 0) is 0 Å². The molecule has 0 spiro atoms. The first kappa shape index (κ1) is 10.9. The Morgan fingerprint density at radius 3 is 2.77 bits per heavy atom. The Kier molecular flexibility index (Phi) is 3.68. The molecule has 0 bridgehead atoms. The highest BCUT2D eigenvalue weighted by molar-refractivity contribution is 4.93. The van der Waals surface area contributed by atoms with Gasteiger partial charge in [0.05, 0.1) is 0 Å². The van der Waals surface area contributed by atoms with E-state index in [2.05, 4.69) is 19.2 Å². The predicted octanol–water partition coefficient (Wildman–Crippen LogP) is 1.45. The number of halogens is 1. The fraction of sp³-hybridized carbons (Fsp3) is 1.00.